The van der Waals surface area contributed by atoms with Crippen LogP contribution in [0.25, 0.3) is 0 Å². The number of aliphatic hydroxyl groups excluding tert-OH is 1. The molecule has 4 nitrogen and oxygen atoms in total. The highest BCUT2D eigenvalue weighted by atomic mass is 16.5. The van der Waals surface area contributed by atoms with Crippen molar-refractivity contribution in [1.29, 1.82) is 0 Å². The quantitative estimate of drug-likeness (QED) is 0.691. The van der Waals surface area contributed by atoms with E-state index < -0.39 is 6.10 Å². The second-order valence-electron chi connectivity index (χ2n) is 5.77. The highest BCUT2D eigenvalue weighted by Gasteiger charge is 2.36. The Hall–Kier alpha value is -0.160. The third-order valence-electron chi connectivity index (χ3n) is 4.35. The molecule has 0 aliphatic heterocycles. The van der Waals surface area contributed by atoms with Crippen LogP contribution in [-0.2, 0) is 9.47 Å². The van der Waals surface area contributed by atoms with Crippen molar-refractivity contribution >= 4 is 0 Å². The van der Waals surface area contributed by atoms with Gasteiger partial charge in [-0.15, -0.1) is 0 Å². The lowest BCUT2D eigenvalue weighted by atomic mass is 9.80. The maximum Gasteiger partial charge on any atom is 0.0897 e. The van der Waals surface area contributed by atoms with E-state index in [1.165, 1.54) is 19.3 Å². The largest absolute Gasteiger partial charge is 0.389 e. The first-order valence-corrected chi connectivity index (χ1v) is 7.30. The summed E-state index contributed by atoms with van der Waals surface area (Å²) in [6.07, 6.45) is 8.36. The molecule has 0 spiro atoms. The zero-order chi connectivity index (χ0) is 12.8. The molecule has 2 fully saturated rings. The van der Waals surface area contributed by atoms with E-state index in [1.54, 1.807) is 7.11 Å². The van der Waals surface area contributed by atoms with Crippen LogP contribution in [0.1, 0.15) is 44.9 Å². The Labute approximate surface area is 110 Å². The molecule has 2 rings (SSSR count). The molecule has 0 heterocycles. The highest BCUT2D eigenvalue weighted by molar-refractivity contribution is 4.91. The van der Waals surface area contributed by atoms with Crippen molar-refractivity contribution in [3.8, 4) is 0 Å². The average molecular weight is 257 g/mol. The van der Waals surface area contributed by atoms with Gasteiger partial charge in [0.05, 0.1) is 24.4 Å². The smallest absolute Gasteiger partial charge is 0.0897 e. The van der Waals surface area contributed by atoms with Crippen LogP contribution in [-0.4, -0.2) is 49.7 Å². The molecule has 0 aromatic heterocycles. The molecular formula is C14H27NO3. The number of rotatable bonds is 8. The molecular weight excluding hydrogens is 230 g/mol. The standard InChI is InChI=1S/C14H27NO3/c1-17-14(7-4-8-14)11-15-9-12(16)10-18-13-5-2-3-6-13/h12-13,15-16H,2-11H2,1H3. The summed E-state index contributed by atoms with van der Waals surface area (Å²) in [7, 11) is 1.78. The molecule has 0 amide bonds. The number of methoxy groups -OCH3 is 1. The number of ether oxygens (including phenoxy) is 2. The topological polar surface area (TPSA) is 50.7 Å². The van der Waals surface area contributed by atoms with E-state index in [2.05, 4.69) is 5.32 Å². The van der Waals surface area contributed by atoms with E-state index >= 15 is 0 Å². The lowest BCUT2D eigenvalue weighted by Crippen LogP contribution is -2.49. The molecule has 18 heavy (non-hydrogen) atoms. The van der Waals surface area contributed by atoms with Crippen LogP contribution >= 0.6 is 0 Å². The maximum atomic E-state index is 9.84. The third kappa shape index (κ3) is 3.92. The number of hydrogen-bond donors (Lipinski definition) is 2. The minimum Gasteiger partial charge on any atom is -0.389 e. The number of hydrogen-bond acceptors (Lipinski definition) is 4. The Morgan fingerprint density at radius 3 is 2.56 bits per heavy atom. The molecule has 0 bridgehead atoms. The first-order valence-electron chi connectivity index (χ1n) is 7.30. The molecule has 0 aromatic carbocycles. The molecule has 1 atom stereocenters. The SMILES string of the molecule is COC1(CNCC(O)COC2CCCC2)CCC1. The van der Waals surface area contributed by atoms with Gasteiger partial charge in [-0.25, -0.2) is 0 Å². The molecule has 0 aromatic rings. The van der Waals surface area contributed by atoms with Gasteiger partial charge in [0.1, 0.15) is 0 Å². The first-order chi connectivity index (χ1) is 8.74. The molecule has 2 saturated carbocycles. The summed E-state index contributed by atoms with van der Waals surface area (Å²) in [5.41, 5.74) is 0.0338. The van der Waals surface area contributed by atoms with Crippen molar-refractivity contribution in [3.05, 3.63) is 0 Å². The minimum atomic E-state index is -0.403. The van der Waals surface area contributed by atoms with Gasteiger partial charge in [-0.2, -0.15) is 0 Å². The Morgan fingerprint density at radius 2 is 2.00 bits per heavy atom. The Kier molecular flexibility index (Phi) is 5.42. The maximum absolute atomic E-state index is 9.84. The van der Waals surface area contributed by atoms with Crippen molar-refractivity contribution in [2.24, 2.45) is 0 Å². The molecule has 1 unspecified atom stereocenters. The molecule has 0 radical (unpaired) electrons. The first kappa shape index (κ1) is 14.3. The van der Waals surface area contributed by atoms with E-state index in [4.69, 9.17) is 9.47 Å². The molecule has 2 N–H and O–H groups in total. The lowest BCUT2D eigenvalue weighted by Gasteiger charge is -2.40. The van der Waals surface area contributed by atoms with Crippen LogP contribution in [0.5, 0.6) is 0 Å². The van der Waals surface area contributed by atoms with Crippen molar-refractivity contribution in [1.82, 2.24) is 5.32 Å². The van der Waals surface area contributed by atoms with Gasteiger partial charge in [0.15, 0.2) is 0 Å². The molecule has 2 aliphatic carbocycles. The van der Waals surface area contributed by atoms with E-state index in [1.807, 2.05) is 0 Å². The Balaban J connectivity index is 1.52. The highest BCUT2D eigenvalue weighted by Crippen LogP contribution is 2.34. The van der Waals surface area contributed by atoms with Crippen molar-refractivity contribution in [2.75, 3.05) is 26.8 Å². The minimum absolute atomic E-state index is 0.0338. The normalized spacial score (nSPS) is 25.0. The molecule has 106 valence electrons. The van der Waals surface area contributed by atoms with Gasteiger partial charge < -0.3 is 19.9 Å². The van der Waals surface area contributed by atoms with E-state index in [0.717, 1.165) is 32.2 Å². The van der Waals surface area contributed by atoms with Crippen LogP contribution in [0.15, 0.2) is 0 Å². The van der Waals surface area contributed by atoms with Crippen LogP contribution < -0.4 is 5.32 Å². The molecule has 0 saturated heterocycles. The van der Waals surface area contributed by atoms with Crippen LogP contribution in [0.2, 0.25) is 0 Å². The fourth-order valence-corrected chi connectivity index (χ4v) is 2.85. The summed E-state index contributed by atoms with van der Waals surface area (Å²) in [4.78, 5) is 0. The second kappa shape index (κ2) is 6.85. The van der Waals surface area contributed by atoms with Gasteiger partial charge in [-0.1, -0.05) is 12.8 Å². The van der Waals surface area contributed by atoms with Gasteiger partial charge in [0, 0.05) is 20.2 Å². The monoisotopic (exact) mass is 257 g/mol. The van der Waals surface area contributed by atoms with Crippen molar-refractivity contribution < 1.29 is 14.6 Å². The van der Waals surface area contributed by atoms with Crippen LogP contribution in [0, 0.1) is 0 Å². The van der Waals surface area contributed by atoms with E-state index in [9.17, 15) is 5.11 Å². The fourth-order valence-electron chi connectivity index (χ4n) is 2.85. The summed E-state index contributed by atoms with van der Waals surface area (Å²) in [5, 5.41) is 13.1. The Bertz CT molecular complexity index is 232. The number of aliphatic hydroxyl groups is 1. The van der Waals surface area contributed by atoms with Crippen molar-refractivity contribution in [2.45, 2.75) is 62.8 Å². The zero-order valence-electron chi connectivity index (χ0n) is 11.5. The summed E-state index contributed by atoms with van der Waals surface area (Å²) in [5.74, 6) is 0. The Morgan fingerprint density at radius 1 is 1.28 bits per heavy atom. The predicted octanol–water partition coefficient (Wildman–Crippen LogP) is 1.47. The van der Waals surface area contributed by atoms with Gasteiger partial charge in [0.25, 0.3) is 0 Å². The van der Waals surface area contributed by atoms with Crippen LogP contribution in [0.4, 0.5) is 0 Å². The predicted molar refractivity (Wildman–Crippen MR) is 70.7 cm³/mol. The van der Waals surface area contributed by atoms with Gasteiger partial charge in [-0.3, -0.25) is 0 Å². The van der Waals surface area contributed by atoms with Crippen molar-refractivity contribution in [3.63, 3.8) is 0 Å². The summed E-state index contributed by atoms with van der Waals surface area (Å²) in [6.45, 7) is 1.89. The number of nitrogens with one attached hydrogen (secondary N) is 1. The lowest BCUT2D eigenvalue weighted by molar-refractivity contribution is -0.0719. The van der Waals surface area contributed by atoms with Gasteiger partial charge >= 0.3 is 0 Å². The zero-order valence-corrected chi connectivity index (χ0v) is 11.5. The van der Waals surface area contributed by atoms with Gasteiger partial charge in [-0.05, 0) is 32.1 Å². The van der Waals surface area contributed by atoms with E-state index in [-0.39, 0.29) is 5.60 Å². The molecule has 4 heteroatoms. The summed E-state index contributed by atoms with van der Waals surface area (Å²) < 4.78 is 11.2. The van der Waals surface area contributed by atoms with Gasteiger partial charge in [0.2, 0.25) is 0 Å². The van der Waals surface area contributed by atoms with E-state index in [0.29, 0.717) is 19.3 Å². The summed E-state index contributed by atoms with van der Waals surface area (Å²) in [6, 6.07) is 0. The average Bonchev–Trinajstić information content (AvgIpc) is 2.83. The third-order valence-corrected chi connectivity index (χ3v) is 4.35. The fraction of sp³-hybridized carbons (Fsp3) is 1.00. The molecule has 2 aliphatic rings. The summed E-state index contributed by atoms with van der Waals surface area (Å²) >= 11 is 0. The second-order valence-corrected chi connectivity index (χ2v) is 5.77. The van der Waals surface area contributed by atoms with Crippen LogP contribution in [0.3, 0.4) is 0 Å².